The Hall–Kier alpha value is -1.13. The smallest absolute Gasteiger partial charge is 0.303 e. The Labute approximate surface area is 158 Å². The van der Waals surface area contributed by atoms with Gasteiger partial charge in [0.05, 0.1) is 18.8 Å². The molecule has 1 aliphatic carbocycles. The molecule has 2 N–H and O–H groups in total. The van der Waals surface area contributed by atoms with Crippen molar-refractivity contribution < 1.29 is 19.7 Å². The lowest BCUT2D eigenvalue weighted by molar-refractivity contribution is -0.137. The van der Waals surface area contributed by atoms with Crippen molar-refractivity contribution in [3.05, 3.63) is 24.3 Å². The summed E-state index contributed by atoms with van der Waals surface area (Å²) in [7, 11) is 0. The molecule has 2 rings (SSSR count). The summed E-state index contributed by atoms with van der Waals surface area (Å²) in [6, 6.07) is 0. The number of carboxylic acid groups (broad SMARTS) is 1. The lowest BCUT2D eigenvalue weighted by Gasteiger charge is -2.33. The van der Waals surface area contributed by atoms with Crippen molar-refractivity contribution in [2.75, 3.05) is 6.61 Å². The molecule has 0 radical (unpaired) electrons. The van der Waals surface area contributed by atoms with Gasteiger partial charge in [-0.15, -0.1) is 0 Å². The number of hydrogen-bond acceptors (Lipinski definition) is 3. The molecule has 1 saturated heterocycles. The Balaban J connectivity index is 1.82. The summed E-state index contributed by atoms with van der Waals surface area (Å²) in [5.41, 5.74) is 0. The molecule has 0 unspecified atom stereocenters. The van der Waals surface area contributed by atoms with Crippen molar-refractivity contribution in [3.63, 3.8) is 0 Å². The summed E-state index contributed by atoms with van der Waals surface area (Å²) in [4.78, 5) is 10.6. The van der Waals surface area contributed by atoms with Crippen LogP contribution in [0.5, 0.6) is 0 Å². The van der Waals surface area contributed by atoms with Crippen LogP contribution in [0.25, 0.3) is 0 Å². The maximum atomic E-state index is 10.6. The standard InChI is InChI=1S/C22H36O4/c1-2-3-6-9-19(23)13-12-17-14-20-15-18(16-26-20)21(17)10-7-4-5-8-11-22(24)25/h4,7,12-13,17-21,23H,2-3,5-6,8-11,14-16H2,1H3,(H,24,25)/b7-4-,13-12+/t17-,18+,19-,20-,21+/m0/s1. The molecule has 0 aromatic carbocycles. The van der Waals surface area contributed by atoms with Crippen molar-refractivity contribution in [1.29, 1.82) is 0 Å². The fraction of sp³-hybridized carbons (Fsp3) is 0.773. The quantitative estimate of drug-likeness (QED) is 0.388. The summed E-state index contributed by atoms with van der Waals surface area (Å²) < 4.78 is 5.91. The van der Waals surface area contributed by atoms with Crippen LogP contribution in [0, 0.1) is 17.8 Å². The van der Waals surface area contributed by atoms with Crippen molar-refractivity contribution >= 4 is 5.97 Å². The van der Waals surface area contributed by atoms with Gasteiger partial charge in [0.25, 0.3) is 0 Å². The zero-order valence-electron chi connectivity index (χ0n) is 16.2. The van der Waals surface area contributed by atoms with Gasteiger partial charge in [-0.25, -0.2) is 0 Å². The van der Waals surface area contributed by atoms with Gasteiger partial charge in [0.2, 0.25) is 0 Å². The van der Waals surface area contributed by atoms with Gasteiger partial charge in [-0.05, 0) is 56.3 Å². The molecule has 1 heterocycles. The van der Waals surface area contributed by atoms with Crippen LogP contribution in [-0.4, -0.2) is 35.0 Å². The number of carbonyl (C=O) groups is 1. The van der Waals surface area contributed by atoms with Crippen LogP contribution in [0.4, 0.5) is 0 Å². The Kier molecular flexibility index (Phi) is 9.41. The van der Waals surface area contributed by atoms with E-state index in [4.69, 9.17) is 9.84 Å². The third-order valence-corrected chi connectivity index (χ3v) is 5.82. The van der Waals surface area contributed by atoms with E-state index < -0.39 is 5.97 Å². The van der Waals surface area contributed by atoms with E-state index in [0.29, 0.717) is 30.3 Å². The first-order valence-corrected chi connectivity index (χ1v) is 10.4. The zero-order valence-corrected chi connectivity index (χ0v) is 16.2. The molecule has 0 aromatic rings. The number of unbranched alkanes of at least 4 members (excludes halogenated alkanes) is 3. The SMILES string of the molecule is CCCCC[C@H](O)/C=C/[C@H]1C[C@H]2C[C@H](CO2)[C@@H]1C/C=C\CCCC(=O)O. The number of rotatable bonds is 12. The molecule has 2 fully saturated rings. The molecule has 0 aromatic heterocycles. The third kappa shape index (κ3) is 7.24. The number of aliphatic hydroxyl groups excluding tert-OH is 1. The van der Waals surface area contributed by atoms with E-state index in [1.807, 2.05) is 6.08 Å². The summed E-state index contributed by atoms with van der Waals surface area (Å²) in [5, 5.41) is 18.9. The molecule has 0 amide bonds. The fourth-order valence-corrected chi connectivity index (χ4v) is 4.33. The van der Waals surface area contributed by atoms with Gasteiger partial charge in [-0.3, -0.25) is 4.79 Å². The highest BCUT2D eigenvalue weighted by Crippen LogP contribution is 2.44. The van der Waals surface area contributed by atoms with Crippen LogP contribution in [0.1, 0.15) is 71.1 Å². The monoisotopic (exact) mass is 364 g/mol. The highest BCUT2D eigenvalue weighted by atomic mass is 16.5. The van der Waals surface area contributed by atoms with Gasteiger partial charge < -0.3 is 14.9 Å². The predicted molar refractivity (Wildman–Crippen MR) is 104 cm³/mol. The summed E-state index contributed by atoms with van der Waals surface area (Å²) in [6.07, 6.45) is 18.0. The second-order valence-electron chi connectivity index (χ2n) is 7.96. The fourth-order valence-electron chi connectivity index (χ4n) is 4.33. The summed E-state index contributed by atoms with van der Waals surface area (Å²) >= 11 is 0. The molecular formula is C22H36O4. The van der Waals surface area contributed by atoms with E-state index in [2.05, 4.69) is 25.2 Å². The highest BCUT2D eigenvalue weighted by molar-refractivity contribution is 5.66. The predicted octanol–water partition coefficient (Wildman–Crippen LogP) is 4.73. The number of hydrogen-bond donors (Lipinski definition) is 2. The molecule has 0 spiro atoms. The van der Waals surface area contributed by atoms with Crippen LogP contribution >= 0.6 is 0 Å². The van der Waals surface area contributed by atoms with Crippen LogP contribution in [0.2, 0.25) is 0 Å². The second-order valence-corrected chi connectivity index (χ2v) is 7.96. The topological polar surface area (TPSA) is 66.8 Å². The minimum absolute atomic E-state index is 0.243. The zero-order chi connectivity index (χ0) is 18.8. The Morgan fingerprint density at radius 1 is 1.23 bits per heavy atom. The van der Waals surface area contributed by atoms with E-state index in [-0.39, 0.29) is 12.5 Å². The molecule has 148 valence electrons. The van der Waals surface area contributed by atoms with Gasteiger partial charge in [-0.2, -0.15) is 0 Å². The minimum atomic E-state index is -0.720. The van der Waals surface area contributed by atoms with Gasteiger partial charge in [0.1, 0.15) is 0 Å². The van der Waals surface area contributed by atoms with Crippen LogP contribution in [0.15, 0.2) is 24.3 Å². The molecule has 4 heteroatoms. The number of allylic oxidation sites excluding steroid dienone is 3. The Morgan fingerprint density at radius 3 is 2.85 bits per heavy atom. The maximum absolute atomic E-state index is 10.6. The van der Waals surface area contributed by atoms with E-state index in [0.717, 1.165) is 38.7 Å². The minimum Gasteiger partial charge on any atom is -0.481 e. The first-order valence-electron chi connectivity index (χ1n) is 10.4. The van der Waals surface area contributed by atoms with Gasteiger partial charge in [0.15, 0.2) is 0 Å². The van der Waals surface area contributed by atoms with Gasteiger partial charge in [0, 0.05) is 6.42 Å². The molecular weight excluding hydrogens is 328 g/mol. The van der Waals surface area contributed by atoms with E-state index in [1.54, 1.807) is 0 Å². The number of aliphatic carboxylic acids is 1. The van der Waals surface area contributed by atoms with E-state index in [1.165, 1.54) is 19.3 Å². The lowest BCUT2D eigenvalue weighted by Crippen LogP contribution is -2.29. The third-order valence-electron chi connectivity index (χ3n) is 5.82. The number of fused-ring (bicyclic) bond motifs is 2. The van der Waals surface area contributed by atoms with Crippen LogP contribution < -0.4 is 0 Å². The van der Waals surface area contributed by atoms with Crippen molar-refractivity contribution in [3.8, 4) is 0 Å². The van der Waals surface area contributed by atoms with Crippen LogP contribution in [0.3, 0.4) is 0 Å². The first kappa shape index (κ1) is 21.2. The Morgan fingerprint density at radius 2 is 2.08 bits per heavy atom. The molecule has 2 bridgehead atoms. The van der Waals surface area contributed by atoms with E-state index >= 15 is 0 Å². The number of carboxylic acids is 1. The van der Waals surface area contributed by atoms with Crippen molar-refractivity contribution in [2.45, 2.75) is 83.3 Å². The number of ether oxygens (including phenoxy) is 1. The molecule has 1 aliphatic heterocycles. The lowest BCUT2D eigenvalue weighted by atomic mass is 9.71. The summed E-state index contributed by atoms with van der Waals surface area (Å²) in [6.45, 7) is 3.05. The molecule has 5 atom stereocenters. The van der Waals surface area contributed by atoms with Gasteiger partial charge >= 0.3 is 5.97 Å². The molecule has 2 aliphatic rings. The largest absolute Gasteiger partial charge is 0.481 e. The van der Waals surface area contributed by atoms with Gasteiger partial charge in [-0.1, -0.05) is 50.5 Å². The average molecular weight is 365 g/mol. The Bertz CT molecular complexity index is 471. The van der Waals surface area contributed by atoms with Crippen molar-refractivity contribution in [1.82, 2.24) is 0 Å². The summed E-state index contributed by atoms with van der Waals surface area (Å²) in [5.74, 6) is 0.945. The highest BCUT2D eigenvalue weighted by Gasteiger charge is 2.41. The first-order chi connectivity index (χ1) is 12.6. The van der Waals surface area contributed by atoms with E-state index in [9.17, 15) is 9.90 Å². The molecule has 1 saturated carbocycles. The molecule has 26 heavy (non-hydrogen) atoms. The molecule has 4 nitrogen and oxygen atoms in total. The van der Waals surface area contributed by atoms with Crippen molar-refractivity contribution in [2.24, 2.45) is 17.8 Å². The second kappa shape index (κ2) is 11.6. The van der Waals surface area contributed by atoms with Crippen LogP contribution in [-0.2, 0) is 9.53 Å². The number of aliphatic hydroxyl groups is 1. The average Bonchev–Trinajstić information content (AvgIpc) is 3.00. The maximum Gasteiger partial charge on any atom is 0.303 e. The normalized spacial score (nSPS) is 29.6.